The molecule has 0 radical (unpaired) electrons. The second-order valence-electron chi connectivity index (χ2n) is 3.61. The monoisotopic (exact) mass is 256 g/mol. The quantitative estimate of drug-likeness (QED) is 0.620. The van der Waals surface area contributed by atoms with E-state index in [2.05, 4.69) is 4.72 Å². The van der Waals surface area contributed by atoms with Gasteiger partial charge in [-0.3, -0.25) is 10.1 Å². The van der Waals surface area contributed by atoms with Gasteiger partial charge in [-0.2, -0.15) is 0 Å². The number of hydrogen-bond donors (Lipinski definition) is 2. The molecule has 1 rings (SSSR count). The van der Waals surface area contributed by atoms with E-state index >= 15 is 0 Å². The Morgan fingerprint density at radius 3 is 2.76 bits per heavy atom. The normalized spacial score (nSPS) is 10.9. The van der Waals surface area contributed by atoms with Gasteiger partial charge in [0.05, 0.1) is 12.9 Å². The molecule has 0 aliphatic rings. The lowest BCUT2D eigenvalue weighted by atomic mass is 10.1. The summed E-state index contributed by atoms with van der Waals surface area (Å²) in [5.74, 6) is 0.170. The van der Waals surface area contributed by atoms with Crippen molar-refractivity contribution >= 4 is 21.6 Å². The highest BCUT2D eigenvalue weighted by molar-refractivity contribution is 7.92. The van der Waals surface area contributed by atoms with Crippen LogP contribution >= 0.6 is 0 Å². The Hall–Kier alpha value is -1.56. The maximum Gasteiger partial charge on any atom is 0.229 e. The first-order chi connectivity index (χ1) is 7.90. The molecule has 0 atom stereocenters. The first-order valence-electron chi connectivity index (χ1n) is 5.17. The molecule has 2 N–H and O–H groups in total. The molecule has 0 aliphatic carbocycles. The molecule has 0 spiro atoms. The van der Waals surface area contributed by atoms with Crippen LogP contribution in [-0.4, -0.2) is 27.2 Å². The van der Waals surface area contributed by atoms with E-state index in [1.807, 2.05) is 13.0 Å². The summed E-state index contributed by atoms with van der Waals surface area (Å²) in [5, 5.41) is 7.52. The fraction of sp³-hybridized carbons (Fsp3) is 0.364. The summed E-state index contributed by atoms with van der Waals surface area (Å²) in [6, 6.07) is 6.91. The predicted octanol–water partition coefficient (Wildman–Crippen LogP) is 1.61. The van der Waals surface area contributed by atoms with Crippen molar-refractivity contribution in [2.45, 2.75) is 13.3 Å². The van der Waals surface area contributed by atoms with E-state index in [1.165, 1.54) is 0 Å². The zero-order chi connectivity index (χ0) is 12.9. The van der Waals surface area contributed by atoms with Crippen molar-refractivity contribution in [3.8, 4) is 0 Å². The first kappa shape index (κ1) is 13.5. The lowest BCUT2D eigenvalue weighted by molar-refractivity contribution is 0.317. The molecule has 0 aliphatic heterocycles. The van der Waals surface area contributed by atoms with Crippen molar-refractivity contribution in [3.05, 3.63) is 29.8 Å². The lowest BCUT2D eigenvalue weighted by Gasteiger charge is -2.07. The van der Waals surface area contributed by atoms with Crippen LogP contribution in [0, 0.1) is 5.41 Å². The van der Waals surface area contributed by atoms with Gasteiger partial charge in [-0.15, -0.1) is 0 Å². The molecule has 0 bridgehead atoms. The van der Waals surface area contributed by atoms with Crippen molar-refractivity contribution in [2.24, 2.45) is 0 Å². The Bertz CT molecular complexity index is 497. The zero-order valence-corrected chi connectivity index (χ0v) is 10.7. The first-order valence-corrected chi connectivity index (χ1v) is 7.07. The zero-order valence-electron chi connectivity index (χ0n) is 9.86. The van der Waals surface area contributed by atoms with Gasteiger partial charge in [0, 0.05) is 12.1 Å². The molecule has 0 saturated heterocycles. The van der Waals surface area contributed by atoms with Crippen LogP contribution in [0.1, 0.15) is 12.5 Å². The molecule has 5 nitrogen and oxygen atoms in total. The number of benzene rings is 1. The second kappa shape index (κ2) is 5.67. The van der Waals surface area contributed by atoms with E-state index < -0.39 is 10.0 Å². The number of rotatable bonds is 5. The molecule has 0 unspecified atom stereocenters. The highest BCUT2D eigenvalue weighted by atomic mass is 32.2. The molecule has 0 amide bonds. The summed E-state index contributed by atoms with van der Waals surface area (Å²) < 4.78 is 29.5. The van der Waals surface area contributed by atoms with Gasteiger partial charge in [-0.25, -0.2) is 8.42 Å². The number of nitrogens with one attached hydrogen (secondary N) is 2. The summed E-state index contributed by atoms with van der Waals surface area (Å²) >= 11 is 0. The highest BCUT2D eigenvalue weighted by Gasteiger charge is 2.04. The predicted molar refractivity (Wildman–Crippen MR) is 68.0 cm³/mol. The Labute approximate surface area is 101 Å². The van der Waals surface area contributed by atoms with Crippen LogP contribution in [0.15, 0.2) is 24.3 Å². The van der Waals surface area contributed by atoms with Gasteiger partial charge in [-0.1, -0.05) is 12.1 Å². The largest absolute Gasteiger partial charge is 0.481 e. The van der Waals surface area contributed by atoms with Crippen LogP contribution in [0.25, 0.3) is 0 Å². The molecule has 0 heterocycles. The van der Waals surface area contributed by atoms with E-state index in [0.29, 0.717) is 18.7 Å². The minimum atomic E-state index is -3.27. The van der Waals surface area contributed by atoms with E-state index in [9.17, 15) is 8.42 Å². The van der Waals surface area contributed by atoms with Gasteiger partial charge < -0.3 is 4.74 Å². The summed E-state index contributed by atoms with van der Waals surface area (Å²) in [4.78, 5) is 0. The number of ether oxygens (including phenoxy) is 1. The van der Waals surface area contributed by atoms with E-state index in [0.717, 1.165) is 11.8 Å². The molecule has 0 saturated carbocycles. The van der Waals surface area contributed by atoms with Crippen molar-refractivity contribution in [2.75, 3.05) is 17.6 Å². The Kier molecular flexibility index (Phi) is 4.51. The Balaban J connectivity index is 2.76. The maximum absolute atomic E-state index is 11.1. The number of sulfonamides is 1. The fourth-order valence-corrected chi connectivity index (χ4v) is 1.92. The molecule has 1 aromatic carbocycles. The smallest absolute Gasteiger partial charge is 0.229 e. The maximum atomic E-state index is 11.1. The third kappa shape index (κ3) is 5.35. The average molecular weight is 256 g/mol. The average Bonchev–Trinajstić information content (AvgIpc) is 2.15. The Morgan fingerprint density at radius 1 is 1.47 bits per heavy atom. The number of hydrogen-bond acceptors (Lipinski definition) is 4. The summed E-state index contributed by atoms with van der Waals surface area (Å²) in [6.07, 6.45) is 1.45. The van der Waals surface area contributed by atoms with Crippen molar-refractivity contribution in [1.82, 2.24) is 0 Å². The molecule has 1 aromatic rings. The molecule has 0 aromatic heterocycles. The van der Waals surface area contributed by atoms with Gasteiger partial charge in [0.25, 0.3) is 0 Å². The standard InChI is InChI=1S/C11H16N2O3S/c1-3-16-11(12)8-9-5-4-6-10(7-9)13-17(2,14)15/h4-7,12-13H,3,8H2,1-2H3. The van der Waals surface area contributed by atoms with Crippen LogP contribution in [0.2, 0.25) is 0 Å². The van der Waals surface area contributed by atoms with Crippen LogP contribution < -0.4 is 4.72 Å². The van der Waals surface area contributed by atoms with Crippen molar-refractivity contribution in [3.63, 3.8) is 0 Å². The summed E-state index contributed by atoms with van der Waals surface area (Å²) in [5.41, 5.74) is 1.33. The minimum absolute atomic E-state index is 0.170. The minimum Gasteiger partial charge on any atom is -0.481 e. The molecule has 17 heavy (non-hydrogen) atoms. The SMILES string of the molecule is CCOC(=N)Cc1cccc(NS(C)(=O)=O)c1. The van der Waals surface area contributed by atoms with Crippen LogP contribution in [0.5, 0.6) is 0 Å². The highest BCUT2D eigenvalue weighted by Crippen LogP contribution is 2.12. The van der Waals surface area contributed by atoms with Gasteiger partial charge in [0.2, 0.25) is 10.0 Å². The van der Waals surface area contributed by atoms with Gasteiger partial charge >= 0.3 is 0 Å². The van der Waals surface area contributed by atoms with Crippen LogP contribution in [0.4, 0.5) is 5.69 Å². The van der Waals surface area contributed by atoms with Gasteiger partial charge in [-0.05, 0) is 24.6 Å². The van der Waals surface area contributed by atoms with Crippen molar-refractivity contribution in [1.29, 1.82) is 5.41 Å². The fourth-order valence-electron chi connectivity index (χ4n) is 1.37. The molecular weight excluding hydrogens is 240 g/mol. The number of anilines is 1. The van der Waals surface area contributed by atoms with Crippen LogP contribution in [-0.2, 0) is 21.2 Å². The molecule has 6 heteroatoms. The summed E-state index contributed by atoms with van der Waals surface area (Å²) in [6.45, 7) is 2.27. The summed E-state index contributed by atoms with van der Waals surface area (Å²) in [7, 11) is -3.27. The molecule has 0 fully saturated rings. The Morgan fingerprint density at radius 2 is 2.18 bits per heavy atom. The van der Waals surface area contributed by atoms with Crippen molar-refractivity contribution < 1.29 is 13.2 Å². The van der Waals surface area contributed by atoms with E-state index in [4.69, 9.17) is 10.1 Å². The van der Waals surface area contributed by atoms with Crippen LogP contribution in [0.3, 0.4) is 0 Å². The third-order valence-electron chi connectivity index (χ3n) is 1.91. The molecular formula is C11H16N2O3S. The lowest BCUT2D eigenvalue weighted by Crippen LogP contribution is -2.10. The van der Waals surface area contributed by atoms with E-state index in [-0.39, 0.29) is 5.90 Å². The van der Waals surface area contributed by atoms with E-state index in [1.54, 1.807) is 18.2 Å². The third-order valence-corrected chi connectivity index (χ3v) is 2.52. The second-order valence-corrected chi connectivity index (χ2v) is 5.36. The topological polar surface area (TPSA) is 79.2 Å². The van der Waals surface area contributed by atoms with Gasteiger partial charge in [0.1, 0.15) is 0 Å². The molecule has 94 valence electrons. The van der Waals surface area contributed by atoms with Gasteiger partial charge in [0.15, 0.2) is 5.90 Å².